The van der Waals surface area contributed by atoms with E-state index in [4.69, 9.17) is 5.73 Å². The Labute approximate surface area is 100 Å². The average Bonchev–Trinajstić information content (AvgIpc) is 2.27. The lowest BCUT2D eigenvalue weighted by molar-refractivity contribution is -0.129. The molecule has 0 saturated carbocycles. The van der Waals surface area contributed by atoms with Crippen LogP contribution in [0.1, 0.15) is 13.8 Å². The predicted molar refractivity (Wildman–Crippen MR) is 66.3 cm³/mol. The first kappa shape index (κ1) is 13.0. The number of carbonyl (C=O) groups excluding carboxylic acids is 2. The molecule has 92 valence electrons. The van der Waals surface area contributed by atoms with E-state index in [-0.39, 0.29) is 12.5 Å². The maximum Gasteiger partial charge on any atom is 0.242 e. The minimum Gasteiger partial charge on any atom is -0.376 e. The van der Waals surface area contributed by atoms with Gasteiger partial charge in [-0.1, -0.05) is 18.2 Å². The molecule has 0 aliphatic carbocycles. The summed E-state index contributed by atoms with van der Waals surface area (Å²) in [6, 6.07) is 9.33. The lowest BCUT2D eigenvalue weighted by Gasteiger charge is -2.22. The predicted octanol–water partition coefficient (Wildman–Crippen LogP) is 0.479. The van der Waals surface area contributed by atoms with Gasteiger partial charge in [-0.2, -0.15) is 0 Å². The molecule has 0 bridgehead atoms. The quantitative estimate of drug-likeness (QED) is 0.694. The second-order valence-corrected chi connectivity index (χ2v) is 4.26. The normalized spacial score (nSPS) is 10.7. The monoisotopic (exact) mass is 235 g/mol. The Kier molecular flexibility index (Phi) is 4.09. The molecule has 1 aromatic rings. The largest absolute Gasteiger partial charge is 0.376 e. The van der Waals surface area contributed by atoms with Crippen molar-refractivity contribution in [3.8, 4) is 0 Å². The second-order valence-electron chi connectivity index (χ2n) is 4.26. The van der Waals surface area contributed by atoms with Gasteiger partial charge in [0.15, 0.2) is 0 Å². The highest BCUT2D eigenvalue weighted by Gasteiger charge is 2.26. The van der Waals surface area contributed by atoms with Gasteiger partial charge in [0.1, 0.15) is 5.54 Å². The summed E-state index contributed by atoms with van der Waals surface area (Å²) in [5.41, 5.74) is 4.97. The van der Waals surface area contributed by atoms with Crippen molar-refractivity contribution in [3.63, 3.8) is 0 Å². The van der Waals surface area contributed by atoms with Gasteiger partial charge < -0.3 is 16.4 Å². The molecular weight excluding hydrogens is 218 g/mol. The molecule has 0 fully saturated rings. The zero-order valence-corrected chi connectivity index (χ0v) is 9.99. The number of nitrogens with one attached hydrogen (secondary N) is 2. The zero-order chi connectivity index (χ0) is 12.9. The highest BCUT2D eigenvalue weighted by atomic mass is 16.2. The van der Waals surface area contributed by atoms with Crippen molar-refractivity contribution >= 4 is 17.5 Å². The fourth-order valence-corrected chi connectivity index (χ4v) is 1.19. The van der Waals surface area contributed by atoms with Crippen LogP contribution in [0.25, 0.3) is 0 Å². The Balaban J connectivity index is 2.44. The van der Waals surface area contributed by atoms with Crippen molar-refractivity contribution in [1.82, 2.24) is 5.32 Å². The van der Waals surface area contributed by atoms with Gasteiger partial charge in [0, 0.05) is 5.69 Å². The van der Waals surface area contributed by atoms with Crippen molar-refractivity contribution in [2.75, 3.05) is 11.9 Å². The van der Waals surface area contributed by atoms with Crippen LogP contribution in [0.3, 0.4) is 0 Å². The third-order valence-corrected chi connectivity index (χ3v) is 2.29. The van der Waals surface area contributed by atoms with Gasteiger partial charge in [-0.25, -0.2) is 0 Å². The molecule has 0 heterocycles. The molecule has 0 radical (unpaired) electrons. The summed E-state index contributed by atoms with van der Waals surface area (Å²) in [5.74, 6) is -0.844. The van der Waals surface area contributed by atoms with E-state index in [1.165, 1.54) is 0 Å². The lowest BCUT2D eigenvalue weighted by Crippen LogP contribution is -2.54. The molecule has 0 unspecified atom stereocenters. The molecule has 0 atom stereocenters. The maximum absolute atomic E-state index is 11.6. The van der Waals surface area contributed by atoms with Crippen LogP contribution in [-0.2, 0) is 9.59 Å². The fourth-order valence-electron chi connectivity index (χ4n) is 1.19. The molecule has 2 amide bonds. The van der Waals surface area contributed by atoms with Crippen LogP contribution < -0.4 is 16.4 Å². The van der Waals surface area contributed by atoms with E-state index in [1.54, 1.807) is 13.8 Å². The first-order chi connectivity index (χ1) is 7.92. The second kappa shape index (κ2) is 5.34. The Morgan fingerprint density at radius 2 is 1.82 bits per heavy atom. The molecule has 0 aliphatic rings. The standard InChI is InChI=1S/C12H17N3O2/c1-12(2,11(13)17)15-10(16)8-14-9-6-4-3-5-7-9/h3-7,14H,8H2,1-2H3,(H2,13,17)(H,15,16). The van der Waals surface area contributed by atoms with Crippen molar-refractivity contribution in [1.29, 1.82) is 0 Å². The molecule has 5 nitrogen and oxygen atoms in total. The van der Waals surface area contributed by atoms with Crippen molar-refractivity contribution in [3.05, 3.63) is 30.3 Å². The highest BCUT2D eigenvalue weighted by molar-refractivity contribution is 5.90. The fraction of sp³-hybridized carbons (Fsp3) is 0.333. The molecule has 4 N–H and O–H groups in total. The summed E-state index contributed by atoms with van der Waals surface area (Å²) in [6.45, 7) is 3.23. The summed E-state index contributed by atoms with van der Waals surface area (Å²) in [5, 5.41) is 5.49. The van der Waals surface area contributed by atoms with E-state index >= 15 is 0 Å². The third kappa shape index (κ3) is 4.14. The number of anilines is 1. The van der Waals surface area contributed by atoms with Crippen molar-refractivity contribution in [2.45, 2.75) is 19.4 Å². The number of rotatable bonds is 5. The van der Waals surface area contributed by atoms with E-state index in [9.17, 15) is 9.59 Å². The number of nitrogens with two attached hydrogens (primary N) is 1. The number of para-hydroxylation sites is 1. The molecule has 0 aromatic heterocycles. The molecule has 0 aliphatic heterocycles. The molecule has 0 saturated heterocycles. The maximum atomic E-state index is 11.6. The molecule has 5 heteroatoms. The van der Waals surface area contributed by atoms with E-state index in [0.29, 0.717) is 0 Å². The summed E-state index contributed by atoms with van der Waals surface area (Å²) in [4.78, 5) is 22.6. The van der Waals surface area contributed by atoms with Crippen molar-refractivity contribution < 1.29 is 9.59 Å². The van der Waals surface area contributed by atoms with Crippen LogP contribution in [0.2, 0.25) is 0 Å². The minimum atomic E-state index is -1.03. The number of hydrogen-bond acceptors (Lipinski definition) is 3. The topological polar surface area (TPSA) is 84.2 Å². The summed E-state index contributed by atoms with van der Waals surface area (Å²) >= 11 is 0. The first-order valence-corrected chi connectivity index (χ1v) is 5.31. The number of hydrogen-bond donors (Lipinski definition) is 3. The van der Waals surface area contributed by atoms with Gasteiger partial charge in [-0.3, -0.25) is 9.59 Å². The Morgan fingerprint density at radius 3 is 2.35 bits per heavy atom. The van der Waals surface area contributed by atoms with E-state index in [1.807, 2.05) is 30.3 Å². The van der Waals surface area contributed by atoms with Crippen molar-refractivity contribution in [2.24, 2.45) is 5.73 Å². The lowest BCUT2D eigenvalue weighted by atomic mass is 10.1. The molecule has 17 heavy (non-hydrogen) atoms. The number of carbonyl (C=O) groups is 2. The number of primary amides is 1. The average molecular weight is 235 g/mol. The minimum absolute atomic E-state index is 0.0979. The van der Waals surface area contributed by atoms with Gasteiger partial charge in [-0.15, -0.1) is 0 Å². The Bertz CT molecular complexity index is 401. The van der Waals surface area contributed by atoms with Gasteiger partial charge in [0.2, 0.25) is 11.8 Å². The third-order valence-electron chi connectivity index (χ3n) is 2.29. The van der Waals surface area contributed by atoms with Crippen LogP contribution in [0, 0.1) is 0 Å². The van der Waals surface area contributed by atoms with Crippen LogP contribution in [0.4, 0.5) is 5.69 Å². The van der Waals surface area contributed by atoms with E-state index in [0.717, 1.165) is 5.69 Å². The Hall–Kier alpha value is -2.04. The van der Waals surface area contributed by atoms with E-state index in [2.05, 4.69) is 10.6 Å². The van der Waals surface area contributed by atoms with Gasteiger partial charge in [-0.05, 0) is 26.0 Å². The van der Waals surface area contributed by atoms with Crippen LogP contribution >= 0.6 is 0 Å². The van der Waals surface area contributed by atoms with Gasteiger partial charge in [0.25, 0.3) is 0 Å². The smallest absolute Gasteiger partial charge is 0.242 e. The van der Waals surface area contributed by atoms with Gasteiger partial charge >= 0.3 is 0 Å². The summed E-state index contributed by atoms with van der Waals surface area (Å²) in [7, 11) is 0. The first-order valence-electron chi connectivity index (χ1n) is 5.31. The number of amides is 2. The van der Waals surface area contributed by atoms with Crippen LogP contribution in [-0.4, -0.2) is 23.9 Å². The molecule has 1 aromatic carbocycles. The SMILES string of the molecule is CC(C)(NC(=O)CNc1ccccc1)C(N)=O. The highest BCUT2D eigenvalue weighted by Crippen LogP contribution is 2.04. The number of benzene rings is 1. The Morgan fingerprint density at radius 1 is 1.24 bits per heavy atom. The molecular formula is C12H17N3O2. The summed E-state index contributed by atoms with van der Waals surface area (Å²) in [6.07, 6.45) is 0. The van der Waals surface area contributed by atoms with Crippen LogP contribution in [0.5, 0.6) is 0 Å². The van der Waals surface area contributed by atoms with Crippen LogP contribution in [0.15, 0.2) is 30.3 Å². The summed E-state index contributed by atoms with van der Waals surface area (Å²) < 4.78 is 0. The zero-order valence-electron chi connectivity index (χ0n) is 9.99. The van der Waals surface area contributed by atoms with Gasteiger partial charge in [0.05, 0.1) is 6.54 Å². The van der Waals surface area contributed by atoms with E-state index < -0.39 is 11.4 Å². The molecule has 0 spiro atoms. The molecule has 1 rings (SSSR count).